The van der Waals surface area contributed by atoms with Crippen LogP contribution in [-0.2, 0) is 11.2 Å². The van der Waals surface area contributed by atoms with Gasteiger partial charge in [-0.05, 0) is 31.0 Å². The first-order valence-corrected chi connectivity index (χ1v) is 9.29. The Morgan fingerprint density at radius 1 is 1.35 bits per heavy atom. The van der Waals surface area contributed by atoms with Crippen molar-refractivity contribution in [2.24, 2.45) is 11.7 Å². The molecule has 146 valence electrons. The molecule has 1 amide bonds. The Morgan fingerprint density at radius 2 is 2.00 bits per heavy atom. The highest BCUT2D eigenvalue weighted by Crippen LogP contribution is 2.32. The van der Waals surface area contributed by atoms with E-state index < -0.39 is 5.54 Å². The second-order valence-electron chi connectivity index (χ2n) is 6.27. The van der Waals surface area contributed by atoms with E-state index in [1.807, 2.05) is 32.2 Å². The van der Waals surface area contributed by atoms with Crippen LogP contribution in [0.2, 0.25) is 10.0 Å². The van der Waals surface area contributed by atoms with Gasteiger partial charge in [-0.2, -0.15) is 0 Å². The SMILES string of the molecule is CC(C)C(C)(CN)NC(=O)Cc1csc(-c2ccc(Cl)cc2Cl)n1.Cl.Cl. The number of hydrogen-bond acceptors (Lipinski definition) is 4. The summed E-state index contributed by atoms with van der Waals surface area (Å²) in [5.41, 5.74) is 6.91. The van der Waals surface area contributed by atoms with Crippen LogP contribution in [0.4, 0.5) is 0 Å². The van der Waals surface area contributed by atoms with Crippen molar-refractivity contribution in [1.29, 1.82) is 0 Å². The van der Waals surface area contributed by atoms with Crippen molar-refractivity contribution in [3.8, 4) is 10.6 Å². The average Bonchev–Trinajstić information content (AvgIpc) is 2.94. The molecule has 1 aromatic carbocycles. The normalized spacial score (nSPS) is 12.7. The molecule has 26 heavy (non-hydrogen) atoms. The third-order valence-electron chi connectivity index (χ3n) is 4.18. The Bertz CT molecular complexity index is 739. The van der Waals surface area contributed by atoms with Gasteiger partial charge < -0.3 is 11.1 Å². The summed E-state index contributed by atoms with van der Waals surface area (Å²) in [7, 11) is 0. The third-order valence-corrected chi connectivity index (χ3v) is 5.65. The first kappa shape index (κ1) is 25.4. The second kappa shape index (κ2) is 10.7. The van der Waals surface area contributed by atoms with Crippen molar-refractivity contribution in [2.45, 2.75) is 32.7 Å². The Kier molecular flexibility index (Phi) is 10.5. The van der Waals surface area contributed by atoms with E-state index in [1.54, 1.807) is 12.1 Å². The van der Waals surface area contributed by atoms with Gasteiger partial charge in [-0.15, -0.1) is 36.2 Å². The Morgan fingerprint density at radius 3 is 2.54 bits per heavy atom. The molecule has 1 unspecified atom stereocenters. The number of nitrogens with one attached hydrogen (secondary N) is 1. The van der Waals surface area contributed by atoms with Crippen molar-refractivity contribution >= 4 is 65.3 Å². The first-order valence-electron chi connectivity index (χ1n) is 7.66. The van der Waals surface area contributed by atoms with Gasteiger partial charge in [0.2, 0.25) is 5.91 Å². The molecular weight excluding hydrogens is 436 g/mol. The van der Waals surface area contributed by atoms with Gasteiger partial charge in [0.05, 0.1) is 22.7 Å². The van der Waals surface area contributed by atoms with Gasteiger partial charge in [0.1, 0.15) is 5.01 Å². The molecule has 0 radical (unpaired) electrons. The fraction of sp³-hybridized carbons (Fsp3) is 0.412. The largest absolute Gasteiger partial charge is 0.349 e. The fourth-order valence-corrected chi connectivity index (χ4v) is 3.55. The van der Waals surface area contributed by atoms with Crippen LogP contribution in [0.3, 0.4) is 0 Å². The number of halogens is 4. The first-order chi connectivity index (χ1) is 11.2. The van der Waals surface area contributed by atoms with Gasteiger partial charge in [0.15, 0.2) is 0 Å². The van der Waals surface area contributed by atoms with Gasteiger partial charge >= 0.3 is 0 Å². The summed E-state index contributed by atoms with van der Waals surface area (Å²) in [6.07, 6.45) is 0.212. The Balaban J connectivity index is 0.00000312. The smallest absolute Gasteiger partial charge is 0.226 e. The molecule has 0 spiro atoms. The predicted octanol–water partition coefficient (Wildman–Crippen LogP) is 4.99. The van der Waals surface area contributed by atoms with Crippen molar-refractivity contribution in [2.75, 3.05) is 6.54 Å². The maximum Gasteiger partial charge on any atom is 0.226 e. The summed E-state index contributed by atoms with van der Waals surface area (Å²) in [5, 5.41) is 6.78. The zero-order valence-electron chi connectivity index (χ0n) is 14.7. The number of thiazole rings is 1. The van der Waals surface area contributed by atoms with E-state index in [4.69, 9.17) is 28.9 Å². The summed E-state index contributed by atoms with van der Waals surface area (Å²) in [5.74, 6) is 0.154. The molecule has 0 bridgehead atoms. The number of aromatic nitrogens is 1. The van der Waals surface area contributed by atoms with Crippen LogP contribution >= 0.6 is 59.4 Å². The summed E-state index contributed by atoms with van der Waals surface area (Å²) in [6, 6.07) is 5.28. The van der Waals surface area contributed by atoms with E-state index in [0.29, 0.717) is 22.3 Å². The molecule has 4 nitrogen and oxygen atoms in total. The average molecular weight is 459 g/mol. The van der Waals surface area contributed by atoms with E-state index >= 15 is 0 Å². The van der Waals surface area contributed by atoms with Gasteiger partial charge in [-0.3, -0.25) is 4.79 Å². The monoisotopic (exact) mass is 457 g/mol. The molecule has 9 heteroatoms. The molecule has 1 aromatic heterocycles. The maximum atomic E-state index is 12.3. The Hall–Kier alpha value is -0.560. The van der Waals surface area contributed by atoms with Crippen LogP contribution in [0.5, 0.6) is 0 Å². The molecule has 0 aliphatic heterocycles. The van der Waals surface area contributed by atoms with Gasteiger partial charge in [-0.25, -0.2) is 4.98 Å². The zero-order chi connectivity index (χ0) is 17.9. The van der Waals surface area contributed by atoms with Crippen molar-refractivity contribution in [3.05, 3.63) is 39.3 Å². The summed E-state index contributed by atoms with van der Waals surface area (Å²) >= 11 is 13.6. The summed E-state index contributed by atoms with van der Waals surface area (Å²) in [4.78, 5) is 16.8. The zero-order valence-corrected chi connectivity index (χ0v) is 18.7. The molecule has 0 aliphatic rings. The lowest BCUT2D eigenvalue weighted by molar-refractivity contribution is -0.122. The van der Waals surface area contributed by atoms with E-state index in [0.717, 1.165) is 10.6 Å². The van der Waals surface area contributed by atoms with Crippen LogP contribution in [0.25, 0.3) is 10.6 Å². The lowest BCUT2D eigenvalue weighted by atomic mass is 9.88. The number of amides is 1. The van der Waals surface area contributed by atoms with E-state index in [1.165, 1.54) is 11.3 Å². The maximum absolute atomic E-state index is 12.3. The number of nitrogens with two attached hydrogens (primary N) is 1. The minimum atomic E-state index is -0.421. The fourth-order valence-electron chi connectivity index (χ4n) is 2.13. The van der Waals surface area contributed by atoms with E-state index in [9.17, 15) is 4.79 Å². The van der Waals surface area contributed by atoms with E-state index in [-0.39, 0.29) is 43.1 Å². The lowest BCUT2D eigenvalue weighted by Crippen LogP contribution is -2.55. The highest BCUT2D eigenvalue weighted by Gasteiger charge is 2.28. The second-order valence-corrected chi connectivity index (χ2v) is 7.97. The summed E-state index contributed by atoms with van der Waals surface area (Å²) in [6.45, 7) is 6.42. The standard InChI is InChI=1S/C17H21Cl2N3OS.2ClH/c1-10(2)17(3,9-20)22-15(23)7-12-8-24-16(21-12)13-5-4-11(18)6-14(13)19;;/h4-6,8,10H,7,9,20H2,1-3H3,(H,22,23);2*1H. The van der Waals surface area contributed by atoms with Crippen LogP contribution in [-0.4, -0.2) is 23.0 Å². The highest BCUT2D eigenvalue weighted by molar-refractivity contribution is 7.13. The number of benzene rings is 1. The minimum Gasteiger partial charge on any atom is -0.349 e. The van der Waals surface area contributed by atoms with Crippen molar-refractivity contribution in [3.63, 3.8) is 0 Å². The van der Waals surface area contributed by atoms with Crippen molar-refractivity contribution < 1.29 is 4.79 Å². The van der Waals surface area contributed by atoms with Gasteiger partial charge in [0.25, 0.3) is 0 Å². The molecular formula is C17H23Cl4N3OS. The minimum absolute atomic E-state index is 0. The summed E-state index contributed by atoms with van der Waals surface area (Å²) < 4.78 is 0. The van der Waals surface area contributed by atoms with E-state index in [2.05, 4.69) is 10.3 Å². The highest BCUT2D eigenvalue weighted by atomic mass is 35.5. The van der Waals surface area contributed by atoms with Crippen LogP contribution in [0.15, 0.2) is 23.6 Å². The number of carbonyl (C=O) groups excluding carboxylic acids is 1. The van der Waals surface area contributed by atoms with Crippen LogP contribution < -0.4 is 11.1 Å². The molecule has 0 fully saturated rings. The molecule has 0 aliphatic carbocycles. The Labute approximate surface area is 180 Å². The van der Waals surface area contributed by atoms with Crippen LogP contribution in [0.1, 0.15) is 26.5 Å². The molecule has 0 saturated heterocycles. The number of rotatable bonds is 6. The molecule has 2 rings (SSSR count). The topological polar surface area (TPSA) is 68.0 Å². The molecule has 1 heterocycles. The van der Waals surface area contributed by atoms with Crippen molar-refractivity contribution in [1.82, 2.24) is 10.3 Å². The third kappa shape index (κ3) is 6.25. The number of carbonyl (C=O) groups is 1. The number of hydrogen-bond donors (Lipinski definition) is 2. The lowest BCUT2D eigenvalue weighted by Gasteiger charge is -2.33. The van der Waals surface area contributed by atoms with Crippen LogP contribution in [0, 0.1) is 5.92 Å². The molecule has 2 aromatic rings. The molecule has 3 N–H and O–H groups in total. The number of nitrogens with zero attached hydrogens (tertiary/aromatic N) is 1. The quantitative estimate of drug-likeness (QED) is 0.640. The molecule has 0 saturated carbocycles. The predicted molar refractivity (Wildman–Crippen MR) is 116 cm³/mol. The van der Waals surface area contributed by atoms with Gasteiger partial charge in [-0.1, -0.05) is 37.0 Å². The molecule has 1 atom stereocenters. The van der Waals surface area contributed by atoms with Gasteiger partial charge in [0, 0.05) is 22.5 Å².